The Hall–Kier alpha value is -2.72. The van der Waals surface area contributed by atoms with Crippen molar-refractivity contribution in [1.29, 1.82) is 0 Å². The van der Waals surface area contributed by atoms with Gasteiger partial charge in [0.1, 0.15) is 5.82 Å². The topological polar surface area (TPSA) is 130 Å². The highest BCUT2D eigenvalue weighted by molar-refractivity contribution is 7.90. The summed E-state index contributed by atoms with van der Waals surface area (Å²) in [6.07, 6.45) is 5.97. The third-order valence-corrected chi connectivity index (χ3v) is 6.94. The van der Waals surface area contributed by atoms with E-state index in [0.29, 0.717) is 29.7 Å². The first kappa shape index (κ1) is 23.9. The van der Waals surface area contributed by atoms with E-state index in [4.69, 9.17) is 5.73 Å². The van der Waals surface area contributed by atoms with Gasteiger partial charge in [-0.3, -0.25) is 4.79 Å². The second kappa shape index (κ2) is 9.83. The lowest BCUT2D eigenvalue weighted by atomic mass is 9.90. The molecule has 1 heterocycles. The van der Waals surface area contributed by atoms with Crippen LogP contribution in [0.3, 0.4) is 0 Å². The van der Waals surface area contributed by atoms with E-state index in [9.17, 15) is 13.2 Å². The fourth-order valence-electron chi connectivity index (χ4n) is 3.96. The minimum atomic E-state index is -3.38. The monoisotopic (exact) mass is 460 g/mol. The van der Waals surface area contributed by atoms with E-state index in [2.05, 4.69) is 39.6 Å². The van der Waals surface area contributed by atoms with E-state index in [1.54, 1.807) is 12.1 Å². The van der Waals surface area contributed by atoms with Gasteiger partial charge in [0.2, 0.25) is 0 Å². The van der Waals surface area contributed by atoms with Gasteiger partial charge < -0.3 is 21.3 Å². The number of aryl methyl sites for hydroxylation is 1. The van der Waals surface area contributed by atoms with Crippen LogP contribution in [0.25, 0.3) is 0 Å². The Morgan fingerprint density at radius 2 is 1.84 bits per heavy atom. The Kier molecular flexibility index (Phi) is 7.35. The molecule has 0 unspecified atom stereocenters. The fourth-order valence-corrected chi connectivity index (χ4v) is 4.63. The molecule has 1 fully saturated rings. The van der Waals surface area contributed by atoms with Gasteiger partial charge in [0.15, 0.2) is 21.3 Å². The van der Waals surface area contributed by atoms with E-state index in [-0.39, 0.29) is 22.4 Å². The van der Waals surface area contributed by atoms with E-state index in [1.807, 2.05) is 6.92 Å². The Labute approximate surface area is 189 Å². The van der Waals surface area contributed by atoms with Crippen LogP contribution in [0.1, 0.15) is 48.8 Å². The summed E-state index contributed by atoms with van der Waals surface area (Å²) in [5, 5.41) is 6.54. The number of sulfone groups is 1. The first-order valence-electron chi connectivity index (χ1n) is 10.8. The highest BCUT2D eigenvalue weighted by Gasteiger charge is 2.24. The minimum Gasteiger partial charge on any atom is -0.366 e. The molecule has 1 aromatic carbocycles. The third kappa shape index (κ3) is 5.74. The molecule has 1 aromatic heterocycles. The Balaban J connectivity index is 1.90. The zero-order valence-corrected chi connectivity index (χ0v) is 19.9. The molecule has 0 atom stereocenters. The molecular formula is C22H32N6O3S. The van der Waals surface area contributed by atoms with Crippen LogP contribution in [0.4, 0.5) is 17.3 Å². The van der Waals surface area contributed by atoms with Crippen LogP contribution < -0.4 is 16.4 Å². The normalized spacial score (nSPS) is 19.0. The summed E-state index contributed by atoms with van der Waals surface area (Å²) in [7, 11) is 0.843. The number of primary amides is 1. The van der Waals surface area contributed by atoms with Crippen molar-refractivity contribution < 1.29 is 13.2 Å². The number of carbonyl (C=O) groups excluding carboxylic acids is 1. The Morgan fingerprint density at radius 1 is 1.16 bits per heavy atom. The van der Waals surface area contributed by atoms with Crippen molar-refractivity contribution in [1.82, 2.24) is 14.9 Å². The predicted molar refractivity (Wildman–Crippen MR) is 126 cm³/mol. The summed E-state index contributed by atoms with van der Waals surface area (Å²) in [5.74, 6) is 0.115. The van der Waals surface area contributed by atoms with Crippen LogP contribution in [-0.2, 0) is 16.3 Å². The number of aromatic nitrogens is 2. The first-order valence-corrected chi connectivity index (χ1v) is 12.7. The molecule has 10 heteroatoms. The molecule has 0 radical (unpaired) electrons. The van der Waals surface area contributed by atoms with Crippen LogP contribution >= 0.6 is 0 Å². The van der Waals surface area contributed by atoms with Crippen molar-refractivity contribution >= 4 is 33.1 Å². The summed E-state index contributed by atoms with van der Waals surface area (Å²) < 4.78 is 23.8. The van der Waals surface area contributed by atoms with Gasteiger partial charge in [0.25, 0.3) is 5.91 Å². The van der Waals surface area contributed by atoms with E-state index < -0.39 is 15.7 Å². The second-order valence-corrected chi connectivity index (χ2v) is 10.5. The van der Waals surface area contributed by atoms with Crippen LogP contribution in [-0.4, -0.2) is 61.6 Å². The number of amides is 1. The molecule has 2 aromatic rings. The predicted octanol–water partition coefficient (Wildman–Crippen LogP) is 2.57. The molecule has 0 bridgehead atoms. The van der Waals surface area contributed by atoms with Gasteiger partial charge in [-0.25, -0.2) is 18.4 Å². The third-order valence-electron chi connectivity index (χ3n) is 5.83. The maximum Gasteiger partial charge on any atom is 0.271 e. The average Bonchev–Trinajstić information content (AvgIpc) is 2.73. The zero-order valence-electron chi connectivity index (χ0n) is 19.1. The van der Waals surface area contributed by atoms with Gasteiger partial charge in [-0.2, -0.15) is 0 Å². The highest BCUT2D eigenvalue weighted by Crippen LogP contribution is 2.28. The van der Waals surface area contributed by atoms with Crippen molar-refractivity contribution in [3.8, 4) is 0 Å². The van der Waals surface area contributed by atoms with E-state index in [0.717, 1.165) is 31.9 Å². The lowest BCUT2D eigenvalue weighted by Gasteiger charge is -2.33. The smallest absolute Gasteiger partial charge is 0.271 e. The molecule has 1 saturated carbocycles. The molecule has 1 aliphatic carbocycles. The molecule has 174 valence electrons. The van der Waals surface area contributed by atoms with Crippen molar-refractivity contribution in [3.05, 3.63) is 35.7 Å². The zero-order chi connectivity index (χ0) is 23.5. The van der Waals surface area contributed by atoms with Crippen LogP contribution in [0, 0.1) is 0 Å². The molecule has 0 aliphatic heterocycles. The van der Waals surface area contributed by atoms with Gasteiger partial charge in [-0.05, 0) is 64.4 Å². The quantitative estimate of drug-likeness (QED) is 0.548. The van der Waals surface area contributed by atoms with Crippen molar-refractivity contribution in [2.45, 2.75) is 56.0 Å². The fraction of sp³-hybridized carbons (Fsp3) is 0.500. The van der Waals surface area contributed by atoms with Crippen LogP contribution in [0.2, 0.25) is 0 Å². The van der Waals surface area contributed by atoms with Gasteiger partial charge >= 0.3 is 0 Å². The molecule has 9 nitrogen and oxygen atoms in total. The lowest BCUT2D eigenvalue weighted by Crippen LogP contribution is -2.36. The second-order valence-electron chi connectivity index (χ2n) is 8.47. The molecule has 4 N–H and O–H groups in total. The number of nitrogens with one attached hydrogen (secondary N) is 2. The lowest BCUT2D eigenvalue weighted by molar-refractivity contribution is 0.0996. The Bertz CT molecular complexity index is 1080. The van der Waals surface area contributed by atoms with Crippen molar-refractivity contribution in [3.63, 3.8) is 0 Å². The molecule has 0 spiro atoms. The molecule has 1 amide bonds. The summed E-state index contributed by atoms with van der Waals surface area (Å²) in [4.78, 5) is 23.6. The van der Waals surface area contributed by atoms with Gasteiger partial charge in [-0.15, -0.1) is 0 Å². The molecular weight excluding hydrogens is 428 g/mol. The number of rotatable bonds is 8. The summed E-state index contributed by atoms with van der Waals surface area (Å²) in [5.41, 5.74) is 6.74. The SMILES string of the molecule is CCc1nc(C(N)=O)c(Nc2cccc(S(C)(=O)=O)c2)nc1NC1CCC(N(C)C)CC1. The van der Waals surface area contributed by atoms with E-state index in [1.165, 1.54) is 12.1 Å². The highest BCUT2D eigenvalue weighted by atomic mass is 32.2. The van der Waals surface area contributed by atoms with Gasteiger partial charge in [0.05, 0.1) is 10.6 Å². The van der Waals surface area contributed by atoms with Crippen LogP contribution in [0.5, 0.6) is 0 Å². The maximum absolute atomic E-state index is 12.1. The van der Waals surface area contributed by atoms with Crippen LogP contribution in [0.15, 0.2) is 29.2 Å². The van der Waals surface area contributed by atoms with Crippen molar-refractivity contribution in [2.24, 2.45) is 5.73 Å². The minimum absolute atomic E-state index is 0.0217. The van der Waals surface area contributed by atoms with Gasteiger partial charge in [0, 0.05) is 24.0 Å². The number of carbonyl (C=O) groups is 1. The first-order chi connectivity index (χ1) is 15.1. The maximum atomic E-state index is 12.1. The molecule has 1 aliphatic rings. The Morgan fingerprint density at radius 3 is 2.41 bits per heavy atom. The summed E-state index contributed by atoms with van der Waals surface area (Å²) in [6.45, 7) is 1.95. The number of nitrogens with zero attached hydrogens (tertiary/aromatic N) is 3. The molecule has 0 saturated heterocycles. The summed E-state index contributed by atoms with van der Waals surface area (Å²) in [6, 6.07) is 7.18. The van der Waals surface area contributed by atoms with E-state index >= 15 is 0 Å². The summed E-state index contributed by atoms with van der Waals surface area (Å²) >= 11 is 0. The molecule has 3 rings (SSSR count). The number of nitrogens with two attached hydrogens (primary N) is 1. The number of hydrogen-bond donors (Lipinski definition) is 3. The average molecular weight is 461 g/mol. The number of anilines is 3. The van der Waals surface area contributed by atoms with Gasteiger partial charge in [-0.1, -0.05) is 13.0 Å². The van der Waals surface area contributed by atoms with Crippen molar-refractivity contribution in [2.75, 3.05) is 31.0 Å². The standard InChI is InChI=1S/C22H32N6O3S/c1-5-18-21(24-14-9-11-16(12-10-14)28(2)3)27-22(19(26-18)20(23)29)25-15-7-6-8-17(13-15)32(4,30)31/h6-8,13-14,16H,5,9-12H2,1-4H3,(H2,23,29)(H2,24,25,27). The molecule has 32 heavy (non-hydrogen) atoms. The largest absolute Gasteiger partial charge is 0.366 e. The number of hydrogen-bond acceptors (Lipinski definition) is 8. The number of benzene rings is 1.